The molecule has 2 aliphatic rings. The molecule has 6 nitrogen and oxygen atoms in total. The van der Waals surface area contributed by atoms with Gasteiger partial charge in [0.15, 0.2) is 0 Å². The van der Waals surface area contributed by atoms with Crippen molar-refractivity contribution in [1.82, 2.24) is 19.8 Å². The molecule has 1 aromatic heterocycles. The maximum atomic E-state index is 13.3. The third-order valence-electron chi connectivity index (χ3n) is 6.77. The average molecular weight is 460 g/mol. The molecule has 1 amide bonds. The number of amides is 1. The first-order valence-corrected chi connectivity index (χ1v) is 11.8. The summed E-state index contributed by atoms with van der Waals surface area (Å²) in [6.07, 6.45) is 7.58. The molecule has 0 radical (unpaired) electrons. The Labute approximate surface area is 198 Å². The number of aromatic nitrogens is 2. The quantitative estimate of drug-likeness (QED) is 0.598. The smallest absolute Gasteiger partial charge is 0.240 e. The van der Waals surface area contributed by atoms with Gasteiger partial charge in [0.1, 0.15) is 0 Å². The molecule has 168 valence electrons. The van der Waals surface area contributed by atoms with Crippen LogP contribution in [0.5, 0.6) is 0 Å². The zero-order valence-corrected chi connectivity index (χ0v) is 19.1. The van der Waals surface area contributed by atoms with Crippen molar-refractivity contribution in [1.29, 1.82) is 5.26 Å². The lowest BCUT2D eigenvalue weighted by Gasteiger charge is -2.33. The lowest BCUT2D eigenvalue weighted by atomic mass is 9.87. The third-order valence-corrected chi connectivity index (χ3v) is 7.01. The number of benzene rings is 2. The number of fused-ring (bicyclic) bond motifs is 1. The summed E-state index contributed by atoms with van der Waals surface area (Å²) in [7, 11) is 0. The molecule has 5 rings (SSSR count). The first kappa shape index (κ1) is 21.7. The fourth-order valence-electron chi connectivity index (χ4n) is 5.02. The minimum absolute atomic E-state index is 0.119. The number of halogens is 1. The van der Waals surface area contributed by atoms with Crippen molar-refractivity contribution in [2.45, 2.75) is 50.9 Å². The SMILES string of the molecule is N#Cc1ccc(Cn2cncc2CN[C@H]2CCN(C3CCCc4ccc(Cl)cc43)C2=O)cc1. The van der Waals surface area contributed by atoms with Gasteiger partial charge in [0.05, 0.1) is 35.7 Å². The van der Waals surface area contributed by atoms with E-state index in [4.69, 9.17) is 16.9 Å². The van der Waals surface area contributed by atoms with Crippen LogP contribution in [0.2, 0.25) is 5.02 Å². The number of carbonyl (C=O) groups excluding carboxylic acids is 1. The lowest BCUT2D eigenvalue weighted by Crippen LogP contribution is -2.40. The number of nitriles is 1. The normalized spacial score (nSPS) is 20.0. The highest BCUT2D eigenvalue weighted by Gasteiger charge is 2.37. The van der Waals surface area contributed by atoms with Gasteiger partial charge in [-0.25, -0.2) is 4.98 Å². The van der Waals surface area contributed by atoms with Crippen molar-refractivity contribution in [3.05, 3.63) is 88.0 Å². The number of aryl methyl sites for hydroxylation is 1. The second-order valence-electron chi connectivity index (χ2n) is 8.83. The van der Waals surface area contributed by atoms with Crippen molar-refractivity contribution in [3.63, 3.8) is 0 Å². The van der Waals surface area contributed by atoms with Gasteiger partial charge in [-0.2, -0.15) is 5.26 Å². The largest absolute Gasteiger partial charge is 0.334 e. The monoisotopic (exact) mass is 459 g/mol. The Balaban J connectivity index is 1.23. The van der Waals surface area contributed by atoms with E-state index >= 15 is 0 Å². The third kappa shape index (κ3) is 4.52. The van der Waals surface area contributed by atoms with E-state index in [1.54, 1.807) is 6.33 Å². The summed E-state index contributed by atoms with van der Waals surface area (Å²) >= 11 is 6.27. The highest BCUT2D eigenvalue weighted by atomic mass is 35.5. The second kappa shape index (κ2) is 9.38. The van der Waals surface area contributed by atoms with Gasteiger partial charge in [-0.3, -0.25) is 4.79 Å². The highest BCUT2D eigenvalue weighted by molar-refractivity contribution is 6.30. The van der Waals surface area contributed by atoms with Gasteiger partial charge >= 0.3 is 0 Å². The van der Waals surface area contributed by atoms with Crippen LogP contribution in [0.15, 0.2) is 55.0 Å². The molecule has 2 heterocycles. The molecule has 0 saturated carbocycles. The summed E-state index contributed by atoms with van der Waals surface area (Å²) < 4.78 is 2.07. The van der Waals surface area contributed by atoms with Crippen molar-refractivity contribution >= 4 is 17.5 Å². The van der Waals surface area contributed by atoms with Crippen LogP contribution >= 0.6 is 11.6 Å². The van der Waals surface area contributed by atoms with Crippen LogP contribution in [0.1, 0.15) is 53.3 Å². The van der Waals surface area contributed by atoms with Gasteiger partial charge in [0.2, 0.25) is 5.91 Å². The van der Waals surface area contributed by atoms with E-state index in [1.807, 2.05) is 47.5 Å². The number of imidazole rings is 1. The molecule has 0 spiro atoms. The number of nitrogens with zero attached hydrogens (tertiary/aromatic N) is 4. The van der Waals surface area contributed by atoms with Gasteiger partial charge < -0.3 is 14.8 Å². The Hall–Kier alpha value is -3.14. The Bertz CT molecular complexity index is 1200. The highest BCUT2D eigenvalue weighted by Crippen LogP contribution is 2.37. The van der Waals surface area contributed by atoms with E-state index in [2.05, 4.69) is 27.0 Å². The summed E-state index contributed by atoms with van der Waals surface area (Å²) in [6, 6.07) is 15.7. The maximum absolute atomic E-state index is 13.3. The van der Waals surface area contributed by atoms with Crippen molar-refractivity contribution in [2.24, 2.45) is 0 Å². The molecular weight excluding hydrogens is 434 g/mol. The van der Waals surface area contributed by atoms with Crippen LogP contribution < -0.4 is 5.32 Å². The van der Waals surface area contributed by atoms with Crippen LogP contribution in [0.25, 0.3) is 0 Å². The number of nitrogens with one attached hydrogen (secondary N) is 1. The molecular formula is C26H26ClN5O. The standard InChI is InChI=1S/C26H26ClN5O/c27-21-9-8-20-2-1-3-25(23(20)12-21)32-11-10-24(26(32)33)30-15-22-14-29-17-31(22)16-19-6-4-18(13-28)5-7-19/h4-9,12,14,17,24-25,30H,1-3,10-11,15-16H2/t24-,25?/m0/s1. The molecule has 33 heavy (non-hydrogen) atoms. The molecule has 1 saturated heterocycles. The summed E-state index contributed by atoms with van der Waals surface area (Å²) in [4.78, 5) is 19.6. The van der Waals surface area contributed by atoms with Crippen molar-refractivity contribution < 1.29 is 4.79 Å². The summed E-state index contributed by atoms with van der Waals surface area (Å²) in [5, 5.41) is 13.2. The van der Waals surface area contributed by atoms with Gasteiger partial charge in [-0.15, -0.1) is 0 Å². The molecule has 1 aliphatic carbocycles. The first-order chi connectivity index (χ1) is 16.1. The summed E-state index contributed by atoms with van der Waals surface area (Å²) in [5.41, 5.74) is 5.31. The van der Waals surface area contributed by atoms with E-state index in [9.17, 15) is 4.79 Å². The zero-order valence-electron chi connectivity index (χ0n) is 18.4. The van der Waals surface area contributed by atoms with E-state index in [-0.39, 0.29) is 18.0 Å². The molecule has 7 heteroatoms. The molecule has 1 N–H and O–H groups in total. The predicted octanol–water partition coefficient (Wildman–Crippen LogP) is 4.22. The van der Waals surface area contributed by atoms with Gasteiger partial charge in [0.25, 0.3) is 0 Å². The van der Waals surface area contributed by atoms with Crippen LogP contribution in [0.3, 0.4) is 0 Å². The van der Waals surface area contributed by atoms with Gasteiger partial charge in [-0.05, 0) is 66.6 Å². The van der Waals surface area contributed by atoms with Crippen LogP contribution in [0.4, 0.5) is 0 Å². The van der Waals surface area contributed by atoms with E-state index in [0.29, 0.717) is 18.7 Å². The number of hydrogen-bond acceptors (Lipinski definition) is 4. The Kier molecular flexibility index (Phi) is 6.17. The van der Waals surface area contributed by atoms with Crippen LogP contribution in [-0.2, 0) is 24.3 Å². The van der Waals surface area contributed by atoms with Crippen LogP contribution in [0, 0.1) is 11.3 Å². The zero-order chi connectivity index (χ0) is 22.8. The number of hydrogen-bond donors (Lipinski definition) is 1. The van der Waals surface area contributed by atoms with E-state index in [1.165, 1.54) is 11.1 Å². The van der Waals surface area contributed by atoms with Crippen LogP contribution in [-0.4, -0.2) is 32.9 Å². The molecule has 2 aromatic carbocycles. The Morgan fingerprint density at radius 1 is 1.18 bits per heavy atom. The van der Waals surface area contributed by atoms with E-state index in [0.717, 1.165) is 48.5 Å². The van der Waals surface area contributed by atoms with Gasteiger partial charge in [-0.1, -0.05) is 29.8 Å². The van der Waals surface area contributed by atoms with Gasteiger partial charge in [0, 0.05) is 30.9 Å². The lowest BCUT2D eigenvalue weighted by molar-refractivity contribution is -0.131. The molecule has 1 unspecified atom stereocenters. The number of rotatable bonds is 6. The fourth-order valence-corrected chi connectivity index (χ4v) is 5.20. The molecule has 1 fully saturated rings. The molecule has 0 bridgehead atoms. The average Bonchev–Trinajstić information content (AvgIpc) is 3.43. The number of carbonyl (C=O) groups is 1. The number of likely N-dealkylation sites (tertiary alicyclic amines) is 1. The van der Waals surface area contributed by atoms with Crippen molar-refractivity contribution in [2.75, 3.05) is 6.54 Å². The predicted molar refractivity (Wildman–Crippen MR) is 127 cm³/mol. The second-order valence-corrected chi connectivity index (χ2v) is 9.26. The molecule has 3 aromatic rings. The Morgan fingerprint density at radius 2 is 2.03 bits per heavy atom. The fraction of sp³-hybridized carbons (Fsp3) is 0.346. The topological polar surface area (TPSA) is 74.0 Å². The summed E-state index contributed by atoms with van der Waals surface area (Å²) in [6.45, 7) is 2.01. The maximum Gasteiger partial charge on any atom is 0.240 e. The molecule has 2 atom stereocenters. The minimum atomic E-state index is -0.187. The summed E-state index contributed by atoms with van der Waals surface area (Å²) in [5.74, 6) is 0.172. The van der Waals surface area contributed by atoms with E-state index < -0.39 is 0 Å². The first-order valence-electron chi connectivity index (χ1n) is 11.4. The Morgan fingerprint density at radius 3 is 2.85 bits per heavy atom. The van der Waals surface area contributed by atoms with Crippen molar-refractivity contribution in [3.8, 4) is 6.07 Å². The minimum Gasteiger partial charge on any atom is -0.334 e. The molecule has 1 aliphatic heterocycles.